The normalized spacial score (nSPS) is 15.5. The molecule has 0 bridgehead atoms. The van der Waals surface area contributed by atoms with E-state index in [1.807, 2.05) is 23.1 Å². The highest BCUT2D eigenvalue weighted by molar-refractivity contribution is 7.10. The van der Waals surface area contributed by atoms with Crippen molar-refractivity contribution in [1.29, 1.82) is 0 Å². The maximum absolute atomic E-state index is 5.47. The zero-order chi connectivity index (χ0) is 15.5. The number of thiophene rings is 1. The van der Waals surface area contributed by atoms with Crippen molar-refractivity contribution in [2.45, 2.75) is 26.9 Å². The molecule has 6 heteroatoms. The molecule has 2 aromatic rings. The average Bonchev–Trinajstić information content (AvgIpc) is 3.04. The van der Waals surface area contributed by atoms with Crippen molar-refractivity contribution in [3.8, 4) is 0 Å². The zero-order valence-corrected chi connectivity index (χ0v) is 14.4. The first-order chi connectivity index (χ1) is 10.7. The Morgan fingerprint density at radius 2 is 2.05 bits per heavy atom. The number of hydrogen-bond acceptors (Lipinski definition) is 5. The number of morpholine rings is 1. The SMILES string of the molecule is Cc1ccsc1CNCc1c(C)nn(C)c1N1CCOCC1. The zero-order valence-electron chi connectivity index (χ0n) is 13.6. The quantitative estimate of drug-likeness (QED) is 0.917. The van der Waals surface area contributed by atoms with E-state index in [-0.39, 0.29) is 0 Å². The van der Waals surface area contributed by atoms with E-state index in [2.05, 4.69) is 40.6 Å². The lowest BCUT2D eigenvalue weighted by Crippen LogP contribution is -2.38. The van der Waals surface area contributed by atoms with Gasteiger partial charge in [-0.15, -0.1) is 11.3 Å². The van der Waals surface area contributed by atoms with Gasteiger partial charge in [-0.05, 0) is 30.9 Å². The summed E-state index contributed by atoms with van der Waals surface area (Å²) in [5, 5.41) is 10.3. The van der Waals surface area contributed by atoms with Gasteiger partial charge in [0.1, 0.15) is 5.82 Å². The molecule has 22 heavy (non-hydrogen) atoms. The van der Waals surface area contributed by atoms with Gasteiger partial charge >= 0.3 is 0 Å². The minimum atomic E-state index is 0.797. The lowest BCUT2D eigenvalue weighted by atomic mass is 10.2. The van der Waals surface area contributed by atoms with Gasteiger partial charge in [0, 0.05) is 43.7 Å². The largest absolute Gasteiger partial charge is 0.378 e. The van der Waals surface area contributed by atoms with E-state index in [9.17, 15) is 0 Å². The van der Waals surface area contributed by atoms with Crippen molar-refractivity contribution in [3.05, 3.63) is 33.1 Å². The van der Waals surface area contributed by atoms with Gasteiger partial charge in [-0.1, -0.05) is 0 Å². The third-order valence-corrected chi connectivity index (χ3v) is 5.20. The Balaban J connectivity index is 1.71. The molecule has 5 nitrogen and oxygen atoms in total. The van der Waals surface area contributed by atoms with Crippen LogP contribution in [0, 0.1) is 13.8 Å². The highest BCUT2D eigenvalue weighted by Crippen LogP contribution is 2.24. The number of nitrogens with zero attached hydrogens (tertiary/aromatic N) is 3. The number of anilines is 1. The van der Waals surface area contributed by atoms with Gasteiger partial charge in [0.05, 0.1) is 18.9 Å². The fourth-order valence-electron chi connectivity index (χ4n) is 2.95. The van der Waals surface area contributed by atoms with Crippen LogP contribution in [0.4, 0.5) is 5.82 Å². The summed E-state index contributed by atoms with van der Waals surface area (Å²) in [5.74, 6) is 1.23. The second kappa shape index (κ2) is 6.81. The van der Waals surface area contributed by atoms with Crippen molar-refractivity contribution in [2.75, 3.05) is 31.2 Å². The molecule has 3 rings (SSSR count). The maximum Gasteiger partial charge on any atom is 0.131 e. The Morgan fingerprint density at radius 1 is 1.27 bits per heavy atom. The van der Waals surface area contributed by atoms with Crippen LogP contribution in [-0.4, -0.2) is 36.1 Å². The number of nitrogens with one attached hydrogen (secondary N) is 1. The number of hydrogen-bond donors (Lipinski definition) is 1. The van der Waals surface area contributed by atoms with E-state index in [1.54, 1.807) is 0 Å². The molecule has 1 fully saturated rings. The molecule has 0 aromatic carbocycles. The second-order valence-electron chi connectivity index (χ2n) is 5.74. The van der Waals surface area contributed by atoms with Crippen molar-refractivity contribution in [2.24, 2.45) is 7.05 Å². The highest BCUT2D eigenvalue weighted by atomic mass is 32.1. The molecule has 3 heterocycles. The first kappa shape index (κ1) is 15.5. The van der Waals surface area contributed by atoms with E-state index in [4.69, 9.17) is 4.74 Å². The molecular weight excluding hydrogens is 296 g/mol. The highest BCUT2D eigenvalue weighted by Gasteiger charge is 2.21. The number of ether oxygens (including phenoxy) is 1. The third-order valence-electron chi connectivity index (χ3n) is 4.18. The van der Waals surface area contributed by atoms with Crippen LogP contribution in [0.1, 0.15) is 21.7 Å². The topological polar surface area (TPSA) is 42.3 Å². The monoisotopic (exact) mass is 320 g/mol. The first-order valence-electron chi connectivity index (χ1n) is 7.75. The van der Waals surface area contributed by atoms with E-state index >= 15 is 0 Å². The van der Waals surface area contributed by atoms with Crippen LogP contribution >= 0.6 is 11.3 Å². The summed E-state index contributed by atoms with van der Waals surface area (Å²) < 4.78 is 7.47. The lowest BCUT2D eigenvalue weighted by molar-refractivity contribution is 0.122. The Kier molecular flexibility index (Phi) is 4.81. The van der Waals surface area contributed by atoms with E-state index in [0.717, 1.165) is 45.1 Å². The van der Waals surface area contributed by atoms with Gasteiger partial charge < -0.3 is 15.0 Å². The van der Waals surface area contributed by atoms with Gasteiger partial charge in [0.15, 0.2) is 0 Å². The van der Waals surface area contributed by atoms with Crippen molar-refractivity contribution >= 4 is 17.2 Å². The minimum Gasteiger partial charge on any atom is -0.378 e. The van der Waals surface area contributed by atoms with Gasteiger partial charge in [-0.3, -0.25) is 4.68 Å². The van der Waals surface area contributed by atoms with Gasteiger partial charge in [-0.25, -0.2) is 0 Å². The van der Waals surface area contributed by atoms with Gasteiger partial charge in [0.25, 0.3) is 0 Å². The predicted molar refractivity (Wildman–Crippen MR) is 90.6 cm³/mol. The first-order valence-corrected chi connectivity index (χ1v) is 8.63. The van der Waals surface area contributed by atoms with E-state index in [0.29, 0.717) is 0 Å². The molecule has 1 aliphatic rings. The van der Waals surface area contributed by atoms with E-state index < -0.39 is 0 Å². The molecule has 120 valence electrons. The summed E-state index contributed by atoms with van der Waals surface area (Å²) in [5.41, 5.74) is 3.78. The Morgan fingerprint density at radius 3 is 2.73 bits per heavy atom. The molecule has 1 N–H and O–H groups in total. The summed E-state index contributed by atoms with van der Waals surface area (Å²) in [6.45, 7) is 9.51. The van der Waals surface area contributed by atoms with Crippen LogP contribution in [0.25, 0.3) is 0 Å². The van der Waals surface area contributed by atoms with Crippen LogP contribution in [0.15, 0.2) is 11.4 Å². The Bertz CT molecular complexity index is 628. The standard InChI is InChI=1S/C16H24N4OS/c1-12-4-9-22-15(12)11-17-10-14-13(2)18-19(3)16(14)20-5-7-21-8-6-20/h4,9,17H,5-8,10-11H2,1-3H3. The van der Waals surface area contributed by atoms with Crippen LogP contribution < -0.4 is 10.2 Å². The molecule has 0 atom stereocenters. The average molecular weight is 320 g/mol. The predicted octanol–water partition coefficient (Wildman–Crippen LogP) is 2.22. The van der Waals surface area contributed by atoms with Crippen LogP contribution in [0.2, 0.25) is 0 Å². The van der Waals surface area contributed by atoms with Crippen LogP contribution in [-0.2, 0) is 24.9 Å². The van der Waals surface area contributed by atoms with Crippen LogP contribution in [0.3, 0.4) is 0 Å². The lowest BCUT2D eigenvalue weighted by Gasteiger charge is -2.29. The van der Waals surface area contributed by atoms with Crippen molar-refractivity contribution in [3.63, 3.8) is 0 Å². The number of rotatable bonds is 5. The molecular formula is C16H24N4OS. The van der Waals surface area contributed by atoms with Crippen molar-refractivity contribution in [1.82, 2.24) is 15.1 Å². The fraction of sp³-hybridized carbons (Fsp3) is 0.562. The number of aromatic nitrogens is 2. The molecule has 1 saturated heterocycles. The molecule has 0 amide bonds. The van der Waals surface area contributed by atoms with Gasteiger partial charge in [-0.2, -0.15) is 5.10 Å². The fourth-order valence-corrected chi connectivity index (χ4v) is 3.83. The maximum atomic E-state index is 5.47. The number of aryl methyl sites for hydroxylation is 3. The van der Waals surface area contributed by atoms with Gasteiger partial charge in [0.2, 0.25) is 0 Å². The Labute approximate surface area is 135 Å². The molecule has 0 aliphatic carbocycles. The molecule has 0 radical (unpaired) electrons. The van der Waals surface area contributed by atoms with Crippen LogP contribution in [0.5, 0.6) is 0 Å². The molecule has 0 unspecified atom stereocenters. The second-order valence-corrected chi connectivity index (χ2v) is 6.74. The summed E-state index contributed by atoms with van der Waals surface area (Å²) in [4.78, 5) is 3.80. The third kappa shape index (κ3) is 3.19. The van der Waals surface area contributed by atoms with E-state index in [1.165, 1.54) is 21.8 Å². The summed E-state index contributed by atoms with van der Waals surface area (Å²) in [6, 6.07) is 2.18. The summed E-state index contributed by atoms with van der Waals surface area (Å²) in [6.07, 6.45) is 0. The molecule has 2 aromatic heterocycles. The Hall–Kier alpha value is -1.37. The molecule has 0 saturated carbocycles. The molecule has 1 aliphatic heterocycles. The van der Waals surface area contributed by atoms with Crippen molar-refractivity contribution < 1.29 is 4.74 Å². The molecule has 0 spiro atoms. The smallest absolute Gasteiger partial charge is 0.131 e. The minimum absolute atomic E-state index is 0.797. The summed E-state index contributed by atoms with van der Waals surface area (Å²) >= 11 is 1.82. The summed E-state index contributed by atoms with van der Waals surface area (Å²) in [7, 11) is 2.03.